The van der Waals surface area contributed by atoms with Crippen molar-refractivity contribution in [2.24, 2.45) is 17.8 Å². The first-order valence-electron chi connectivity index (χ1n) is 12.2. The lowest BCUT2D eigenvalue weighted by molar-refractivity contribution is -0.166. The van der Waals surface area contributed by atoms with Gasteiger partial charge in [-0.1, -0.05) is 52.4 Å². The minimum absolute atomic E-state index is 0.314. The molecule has 2 atom stereocenters. The number of ether oxygens (including phenoxy) is 3. The highest BCUT2D eigenvalue weighted by Gasteiger charge is 2.41. The molecule has 1 saturated carbocycles. The van der Waals surface area contributed by atoms with Gasteiger partial charge in [-0.05, 0) is 52.9 Å². The molecule has 1 rings (SSSR count). The van der Waals surface area contributed by atoms with Crippen LogP contribution in [0.1, 0.15) is 105 Å². The molecule has 1 aliphatic rings. The maximum Gasteiger partial charge on any atom is 0.309 e. The molecule has 180 valence electrons. The highest BCUT2D eigenvalue weighted by molar-refractivity contribution is 5.80. The zero-order valence-corrected chi connectivity index (χ0v) is 20.4. The normalized spacial score (nSPS) is 21.4. The molecule has 0 amide bonds. The summed E-state index contributed by atoms with van der Waals surface area (Å²) in [7, 11) is 0. The molecule has 0 aliphatic heterocycles. The number of hydrogen-bond acceptors (Lipinski definition) is 6. The summed E-state index contributed by atoms with van der Waals surface area (Å²) in [6.07, 6.45) is 9.32. The van der Waals surface area contributed by atoms with Gasteiger partial charge < -0.3 is 14.2 Å². The number of carbonyl (C=O) groups is 3. The van der Waals surface area contributed by atoms with E-state index in [1.54, 1.807) is 0 Å². The van der Waals surface area contributed by atoms with Gasteiger partial charge in [-0.2, -0.15) is 0 Å². The van der Waals surface area contributed by atoms with Crippen molar-refractivity contribution in [3.8, 4) is 0 Å². The second kappa shape index (κ2) is 14.5. The molecule has 0 aromatic carbocycles. The van der Waals surface area contributed by atoms with E-state index in [9.17, 15) is 14.4 Å². The van der Waals surface area contributed by atoms with E-state index in [-0.39, 0.29) is 17.9 Å². The second-order valence-corrected chi connectivity index (χ2v) is 9.79. The fourth-order valence-corrected chi connectivity index (χ4v) is 3.92. The van der Waals surface area contributed by atoms with Crippen molar-refractivity contribution in [2.45, 2.75) is 111 Å². The van der Waals surface area contributed by atoms with Gasteiger partial charge in [0.25, 0.3) is 0 Å². The van der Waals surface area contributed by atoms with Gasteiger partial charge in [0.15, 0.2) is 0 Å². The smallest absolute Gasteiger partial charge is 0.309 e. The second-order valence-electron chi connectivity index (χ2n) is 9.79. The number of hydrogen-bond donors (Lipinski definition) is 0. The molecule has 0 bridgehead atoms. The number of rotatable bonds is 13. The van der Waals surface area contributed by atoms with E-state index in [1.165, 1.54) is 0 Å². The van der Waals surface area contributed by atoms with Gasteiger partial charge in [0, 0.05) is 0 Å². The highest BCUT2D eigenvalue weighted by atomic mass is 16.6. The molecule has 2 unspecified atom stereocenters. The molecule has 0 heterocycles. The molecule has 0 N–H and O–H groups in total. The van der Waals surface area contributed by atoms with Crippen molar-refractivity contribution in [3.63, 3.8) is 0 Å². The Labute approximate surface area is 188 Å². The molecular formula is C25H44O6. The fraction of sp³-hybridized carbons (Fsp3) is 0.880. The number of carbonyl (C=O) groups excluding carboxylic acids is 3. The van der Waals surface area contributed by atoms with E-state index in [1.807, 2.05) is 20.8 Å². The van der Waals surface area contributed by atoms with Crippen LogP contribution in [-0.2, 0) is 28.6 Å². The van der Waals surface area contributed by atoms with Crippen LogP contribution in [0.25, 0.3) is 0 Å². The topological polar surface area (TPSA) is 78.9 Å². The summed E-state index contributed by atoms with van der Waals surface area (Å²) in [5.41, 5.74) is -0.612. The maximum atomic E-state index is 12.7. The molecule has 0 aromatic rings. The van der Waals surface area contributed by atoms with E-state index in [0.29, 0.717) is 32.5 Å². The van der Waals surface area contributed by atoms with Crippen LogP contribution < -0.4 is 0 Å². The van der Waals surface area contributed by atoms with Crippen LogP contribution >= 0.6 is 0 Å². The Kier molecular flexibility index (Phi) is 12.8. The third-order valence-electron chi connectivity index (χ3n) is 5.60. The monoisotopic (exact) mass is 440 g/mol. The third kappa shape index (κ3) is 11.6. The molecule has 6 heteroatoms. The van der Waals surface area contributed by atoms with Gasteiger partial charge in [0.05, 0.1) is 31.0 Å². The summed E-state index contributed by atoms with van der Waals surface area (Å²) in [6.45, 7) is 10.5. The lowest BCUT2D eigenvalue weighted by Crippen LogP contribution is -2.39. The lowest BCUT2D eigenvalue weighted by atomic mass is 9.75. The summed E-state index contributed by atoms with van der Waals surface area (Å²) in [5.74, 6) is -2.43. The van der Waals surface area contributed by atoms with Crippen molar-refractivity contribution >= 4 is 17.9 Å². The molecule has 6 nitrogen and oxygen atoms in total. The Morgan fingerprint density at radius 1 is 0.645 bits per heavy atom. The predicted molar refractivity (Wildman–Crippen MR) is 120 cm³/mol. The summed E-state index contributed by atoms with van der Waals surface area (Å²) in [5, 5.41) is 0. The van der Waals surface area contributed by atoms with E-state index < -0.39 is 23.4 Å². The van der Waals surface area contributed by atoms with Gasteiger partial charge in [-0.25, -0.2) is 0 Å². The van der Waals surface area contributed by atoms with E-state index in [0.717, 1.165) is 51.4 Å². The predicted octanol–water partition coefficient (Wildman–Crippen LogP) is 5.61. The molecule has 1 fully saturated rings. The SMILES string of the molecule is CCCCCCOC(=O)C1CC(C(=O)OCCCCCC)CC(C(=O)OC(C)(C)C)C1. The Balaban J connectivity index is 2.70. The van der Waals surface area contributed by atoms with Gasteiger partial charge in [-0.3, -0.25) is 14.4 Å². The van der Waals surface area contributed by atoms with Crippen LogP contribution in [0.15, 0.2) is 0 Å². The lowest BCUT2D eigenvalue weighted by Gasteiger charge is -2.33. The summed E-state index contributed by atoms with van der Waals surface area (Å²) in [6, 6.07) is 0. The summed E-state index contributed by atoms with van der Waals surface area (Å²) in [4.78, 5) is 38.0. The molecule has 0 aromatic heterocycles. The van der Waals surface area contributed by atoms with Crippen molar-refractivity contribution < 1.29 is 28.6 Å². The van der Waals surface area contributed by atoms with Crippen molar-refractivity contribution in [3.05, 3.63) is 0 Å². The summed E-state index contributed by atoms with van der Waals surface area (Å²) < 4.78 is 16.5. The quantitative estimate of drug-likeness (QED) is 0.210. The number of esters is 3. The van der Waals surface area contributed by atoms with Gasteiger partial charge >= 0.3 is 17.9 Å². The van der Waals surface area contributed by atoms with Crippen LogP contribution in [0, 0.1) is 17.8 Å². The van der Waals surface area contributed by atoms with E-state index in [2.05, 4.69) is 13.8 Å². The van der Waals surface area contributed by atoms with Crippen LogP contribution in [0.5, 0.6) is 0 Å². The Morgan fingerprint density at radius 3 is 1.39 bits per heavy atom. The van der Waals surface area contributed by atoms with Crippen molar-refractivity contribution in [1.82, 2.24) is 0 Å². The van der Waals surface area contributed by atoms with Crippen LogP contribution in [0.2, 0.25) is 0 Å². The van der Waals surface area contributed by atoms with Gasteiger partial charge in [-0.15, -0.1) is 0 Å². The van der Waals surface area contributed by atoms with Gasteiger partial charge in [0.2, 0.25) is 0 Å². The summed E-state index contributed by atoms with van der Waals surface area (Å²) >= 11 is 0. The van der Waals surface area contributed by atoms with E-state index >= 15 is 0 Å². The highest BCUT2D eigenvalue weighted by Crippen LogP contribution is 2.36. The Hall–Kier alpha value is -1.59. The molecule has 0 radical (unpaired) electrons. The van der Waals surface area contributed by atoms with E-state index in [4.69, 9.17) is 14.2 Å². The first-order valence-corrected chi connectivity index (χ1v) is 12.2. The molecule has 0 saturated heterocycles. The first-order chi connectivity index (χ1) is 14.7. The zero-order valence-electron chi connectivity index (χ0n) is 20.4. The molecule has 0 spiro atoms. The largest absolute Gasteiger partial charge is 0.465 e. The third-order valence-corrected chi connectivity index (χ3v) is 5.60. The van der Waals surface area contributed by atoms with Crippen LogP contribution in [0.4, 0.5) is 0 Å². The Bertz CT molecular complexity index is 517. The molecular weight excluding hydrogens is 396 g/mol. The van der Waals surface area contributed by atoms with Crippen molar-refractivity contribution in [1.29, 1.82) is 0 Å². The zero-order chi connectivity index (χ0) is 23.3. The minimum Gasteiger partial charge on any atom is -0.465 e. The van der Waals surface area contributed by atoms with Crippen LogP contribution in [-0.4, -0.2) is 36.7 Å². The average molecular weight is 441 g/mol. The maximum absolute atomic E-state index is 12.7. The molecule has 31 heavy (non-hydrogen) atoms. The van der Waals surface area contributed by atoms with Gasteiger partial charge in [0.1, 0.15) is 5.60 Å². The minimum atomic E-state index is -0.612. The average Bonchev–Trinajstić information content (AvgIpc) is 2.71. The van der Waals surface area contributed by atoms with Crippen LogP contribution in [0.3, 0.4) is 0 Å². The molecule has 1 aliphatic carbocycles. The Morgan fingerprint density at radius 2 is 1.03 bits per heavy atom. The van der Waals surface area contributed by atoms with Crippen molar-refractivity contribution in [2.75, 3.05) is 13.2 Å². The first kappa shape index (κ1) is 27.4. The standard InChI is InChI=1S/C25H44O6/c1-6-8-10-12-14-29-22(26)19-16-20(23(27)30-15-13-11-9-7-2)18-21(17-19)24(28)31-25(3,4)5/h19-21H,6-18H2,1-5H3. The fourth-order valence-electron chi connectivity index (χ4n) is 3.92. The number of unbranched alkanes of at least 4 members (excludes halogenated alkanes) is 6.